The summed E-state index contributed by atoms with van der Waals surface area (Å²) >= 11 is 0. The van der Waals surface area contributed by atoms with Crippen LogP contribution in [0.3, 0.4) is 0 Å². The number of aromatic nitrogens is 2. The Labute approximate surface area is 118 Å². The van der Waals surface area contributed by atoms with Crippen molar-refractivity contribution >= 4 is 0 Å². The van der Waals surface area contributed by atoms with Crippen LogP contribution in [0.4, 0.5) is 0 Å². The Bertz CT molecular complexity index is 582. The fourth-order valence-electron chi connectivity index (χ4n) is 2.68. The average molecular weight is 273 g/mol. The molecule has 1 aliphatic heterocycles. The summed E-state index contributed by atoms with van der Waals surface area (Å²) in [5.74, 6) is 2.69. The second-order valence-electron chi connectivity index (χ2n) is 5.23. The Morgan fingerprint density at radius 2 is 2.30 bits per heavy atom. The zero-order valence-electron chi connectivity index (χ0n) is 11.9. The van der Waals surface area contributed by atoms with Gasteiger partial charge in [0.15, 0.2) is 0 Å². The molecule has 1 fully saturated rings. The van der Waals surface area contributed by atoms with Gasteiger partial charge in [-0.15, -0.1) is 10.2 Å². The average Bonchev–Trinajstić information content (AvgIpc) is 3.08. The number of benzene rings is 1. The van der Waals surface area contributed by atoms with Gasteiger partial charge in [0.1, 0.15) is 5.75 Å². The Morgan fingerprint density at radius 1 is 1.40 bits per heavy atom. The summed E-state index contributed by atoms with van der Waals surface area (Å²) in [5.41, 5.74) is 1.27. The van der Waals surface area contributed by atoms with E-state index in [0.717, 1.165) is 37.7 Å². The summed E-state index contributed by atoms with van der Waals surface area (Å²) in [6.45, 7) is 4.79. The summed E-state index contributed by atoms with van der Waals surface area (Å²) in [7, 11) is 1.70. The molecule has 0 saturated carbocycles. The van der Waals surface area contributed by atoms with Crippen molar-refractivity contribution in [3.63, 3.8) is 0 Å². The Kier molecular flexibility index (Phi) is 3.69. The lowest BCUT2D eigenvalue weighted by Gasteiger charge is -2.15. The lowest BCUT2D eigenvalue weighted by molar-refractivity contribution is 0.318. The number of rotatable bonds is 4. The van der Waals surface area contributed by atoms with Gasteiger partial charge < -0.3 is 9.15 Å². The number of hydrogen-bond donors (Lipinski definition) is 0. The maximum atomic E-state index is 5.53. The third kappa shape index (κ3) is 2.82. The monoisotopic (exact) mass is 273 g/mol. The standard InChI is InChI=1S/C15H19N3O2/c1-11-16-17-15(20-11)13-6-7-18(10-13)9-12-4-3-5-14(8-12)19-2/h3-5,8,13H,6-7,9-10H2,1-2H3/t13-/m0/s1. The van der Waals surface area contributed by atoms with Crippen LogP contribution >= 0.6 is 0 Å². The van der Waals surface area contributed by atoms with Gasteiger partial charge in [0.2, 0.25) is 11.8 Å². The number of nitrogens with zero attached hydrogens (tertiary/aromatic N) is 3. The van der Waals surface area contributed by atoms with Crippen molar-refractivity contribution in [1.82, 2.24) is 15.1 Å². The normalized spacial score (nSPS) is 19.4. The van der Waals surface area contributed by atoms with Gasteiger partial charge in [-0.2, -0.15) is 0 Å². The summed E-state index contributed by atoms with van der Waals surface area (Å²) in [6.07, 6.45) is 1.08. The predicted octanol–water partition coefficient (Wildman–Crippen LogP) is 2.38. The van der Waals surface area contributed by atoms with Gasteiger partial charge >= 0.3 is 0 Å². The van der Waals surface area contributed by atoms with E-state index in [1.807, 2.05) is 19.1 Å². The fourth-order valence-corrected chi connectivity index (χ4v) is 2.68. The summed E-state index contributed by atoms with van der Waals surface area (Å²) < 4.78 is 10.8. The molecule has 106 valence electrons. The summed E-state index contributed by atoms with van der Waals surface area (Å²) in [6, 6.07) is 8.22. The lowest BCUT2D eigenvalue weighted by Crippen LogP contribution is -2.19. The van der Waals surface area contributed by atoms with Gasteiger partial charge in [-0.25, -0.2) is 0 Å². The minimum atomic E-state index is 0.363. The lowest BCUT2D eigenvalue weighted by atomic mass is 10.1. The molecule has 2 aromatic rings. The van der Waals surface area contributed by atoms with Gasteiger partial charge in [0, 0.05) is 20.0 Å². The van der Waals surface area contributed by atoms with Gasteiger partial charge in [0.25, 0.3) is 0 Å². The maximum absolute atomic E-state index is 5.53. The first-order valence-electron chi connectivity index (χ1n) is 6.90. The van der Waals surface area contributed by atoms with Crippen LogP contribution in [0.25, 0.3) is 0 Å². The molecule has 1 aliphatic rings. The van der Waals surface area contributed by atoms with Gasteiger partial charge in [-0.3, -0.25) is 4.90 Å². The molecule has 1 saturated heterocycles. The van der Waals surface area contributed by atoms with Crippen LogP contribution in [0, 0.1) is 6.92 Å². The maximum Gasteiger partial charge on any atom is 0.220 e. The first-order chi connectivity index (χ1) is 9.74. The van der Waals surface area contributed by atoms with E-state index >= 15 is 0 Å². The molecule has 0 amide bonds. The SMILES string of the molecule is COc1cccc(CN2CC[C@H](c3nnc(C)o3)C2)c1. The number of ether oxygens (including phenoxy) is 1. The Morgan fingerprint density at radius 3 is 3.05 bits per heavy atom. The van der Waals surface area contributed by atoms with E-state index in [4.69, 9.17) is 9.15 Å². The minimum absolute atomic E-state index is 0.363. The van der Waals surface area contributed by atoms with Crippen molar-refractivity contribution in [1.29, 1.82) is 0 Å². The zero-order chi connectivity index (χ0) is 13.9. The molecular formula is C15H19N3O2. The topological polar surface area (TPSA) is 51.4 Å². The Hall–Kier alpha value is -1.88. The van der Waals surface area contributed by atoms with Crippen molar-refractivity contribution < 1.29 is 9.15 Å². The molecule has 1 atom stereocenters. The quantitative estimate of drug-likeness (QED) is 0.856. The molecule has 0 radical (unpaired) electrons. The highest BCUT2D eigenvalue weighted by molar-refractivity contribution is 5.28. The molecular weight excluding hydrogens is 254 g/mol. The van der Waals surface area contributed by atoms with Crippen LogP contribution in [0.15, 0.2) is 28.7 Å². The van der Waals surface area contributed by atoms with Crippen molar-refractivity contribution in [2.45, 2.75) is 25.8 Å². The van der Waals surface area contributed by atoms with Crippen molar-refractivity contribution in [3.8, 4) is 5.75 Å². The molecule has 3 rings (SSSR count). The predicted molar refractivity (Wildman–Crippen MR) is 74.7 cm³/mol. The molecule has 1 aromatic heterocycles. The van der Waals surface area contributed by atoms with E-state index in [2.05, 4.69) is 27.2 Å². The molecule has 0 bridgehead atoms. The smallest absolute Gasteiger partial charge is 0.220 e. The molecule has 5 heteroatoms. The summed E-state index contributed by atoms with van der Waals surface area (Å²) in [4.78, 5) is 2.42. The fraction of sp³-hybridized carbons (Fsp3) is 0.467. The Balaban J connectivity index is 1.62. The van der Waals surface area contributed by atoms with E-state index in [0.29, 0.717) is 11.8 Å². The highest BCUT2D eigenvalue weighted by Crippen LogP contribution is 2.27. The largest absolute Gasteiger partial charge is 0.497 e. The molecule has 5 nitrogen and oxygen atoms in total. The van der Waals surface area contributed by atoms with Crippen LogP contribution in [0.1, 0.15) is 29.7 Å². The second-order valence-corrected chi connectivity index (χ2v) is 5.23. The first-order valence-corrected chi connectivity index (χ1v) is 6.90. The van der Waals surface area contributed by atoms with Crippen LogP contribution in [0.2, 0.25) is 0 Å². The third-order valence-electron chi connectivity index (χ3n) is 3.70. The van der Waals surface area contributed by atoms with Crippen LogP contribution in [-0.2, 0) is 6.54 Å². The molecule has 1 aromatic carbocycles. The highest BCUT2D eigenvalue weighted by Gasteiger charge is 2.27. The highest BCUT2D eigenvalue weighted by atomic mass is 16.5. The van der Waals surface area contributed by atoms with Gasteiger partial charge in [0.05, 0.1) is 13.0 Å². The van der Waals surface area contributed by atoms with Crippen molar-refractivity contribution in [3.05, 3.63) is 41.6 Å². The molecule has 0 unspecified atom stereocenters. The van der Waals surface area contributed by atoms with E-state index in [1.165, 1.54) is 5.56 Å². The van der Waals surface area contributed by atoms with Crippen molar-refractivity contribution in [2.75, 3.05) is 20.2 Å². The van der Waals surface area contributed by atoms with Crippen LogP contribution < -0.4 is 4.74 Å². The van der Waals surface area contributed by atoms with Gasteiger partial charge in [-0.05, 0) is 30.7 Å². The number of likely N-dealkylation sites (tertiary alicyclic amines) is 1. The molecule has 0 N–H and O–H groups in total. The summed E-state index contributed by atoms with van der Waals surface area (Å²) in [5, 5.41) is 8.04. The third-order valence-corrected chi connectivity index (χ3v) is 3.70. The molecule has 0 aliphatic carbocycles. The van der Waals surface area contributed by atoms with Crippen LogP contribution in [-0.4, -0.2) is 35.3 Å². The van der Waals surface area contributed by atoms with Crippen molar-refractivity contribution in [2.24, 2.45) is 0 Å². The van der Waals surface area contributed by atoms with E-state index in [-0.39, 0.29) is 0 Å². The van der Waals surface area contributed by atoms with E-state index in [9.17, 15) is 0 Å². The molecule has 20 heavy (non-hydrogen) atoms. The number of hydrogen-bond acceptors (Lipinski definition) is 5. The minimum Gasteiger partial charge on any atom is -0.497 e. The van der Waals surface area contributed by atoms with Crippen LogP contribution in [0.5, 0.6) is 5.75 Å². The zero-order valence-corrected chi connectivity index (χ0v) is 11.9. The molecule has 2 heterocycles. The second kappa shape index (κ2) is 5.63. The van der Waals surface area contributed by atoms with E-state index < -0.39 is 0 Å². The first kappa shape index (κ1) is 13.1. The molecule has 0 spiro atoms. The number of methoxy groups -OCH3 is 1. The van der Waals surface area contributed by atoms with Gasteiger partial charge in [-0.1, -0.05) is 12.1 Å². The number of aryl methyl sites for hydroxylation is 1. The van der Waals surface area contributed by atoms with E-state index in [1.54, 1.807) is 7.11 Å².